The molecule has 0 spiro atoms. The summed E-state index contributed by atoms with van der Waals surface area (Å²) in [5.41, 5.74) is 0.738. The van der Waals surface area contributed by atoms with Crippen LogP contribution >= 0.6 is 0 Å². The van der Waals surface area contributed by atoms with E-state index in [0.717, 1.165) is 5.56 Å². The second-order valence-electron chi connectivity index (χ2n) is 4.80. The van der Waals surface area contributed by atoms with Crippen molar-refractivity contribution in [3.05, 3.63) is 23.9 Å². The van der Waals surface area contributed by atoms with Gasteiger partial charge in [0.2, 0.25) is 5.88 Å². The van der Waals surface area contributed by atoms with E-state index in [-0.39, 0.29) is 13.1 Å². The predicted molar refractivity (Wildman–Crippen MR) is 85.1 cm³/mol. The first-order valence-electron chi connectivity index (χ1n) is 7.60. The lowest BCUT2D eigenvalue weighted by atomic mass is 10.3. The molecule has 136 valence electrons. The van der Waals surface area contributed by atoms with Gasteiger partial charge in [-0.2, -0.15) is 13.2 Å². The van der Waals surface area contributed by atoms with Crippen LogP contribution in [0.1, 0.15) is 18.9 Å². The zero-order valence-electron chi connectivity index (χ0n) is 13.8. The van der Waals surface area contributed by atoms with Crippen molar-refractivity contribution >= 4 is 5.96 Å². The molecule has 0 bridgehead atoms. The monoisotopic (exact) mass is 348 g/mol. The molecule has 0 aliphatic rings. The molecule has 0 aliphatic heterocycles. The number of hydrogen-bond acceptors (Lipinski definition) is 4. The van der Waals surface area contributed by atoms with E-state index in [0.29, 0.717) is 31.6 Å². The zero-order valence-corrected chi connectivity index (χ0v) is 13.8. The maximum atomic E-state index is 12.2. The molecule has 0 saturated carbocycles. The molecule has 1 rings (SSSR count). The summed E-state index contributed by atoms with van der Waals surface area (Å²) in [5, 5.41) is 5.56. The number of rotatable bonds is 9. The number of alkyl halides is 3. The summed E-state index contributed by atoms with van der Waals surface area (Å²) in [5.74, 6) is 0.748. The van der Waals surface area contributed by atoms with Crippen molar-refractivity contribution < 1.29 is 22.6 Å². The van der Waals surface area contributed by atoms with Crippen molar-refractivity contribution in [2.24, 2.45) is 4.99 Å². The van der Waals surface area contributed by atoms with Gasteiger partial charge in [0.1, 0.15) is 6.61 Å². The van der Waals surface area contributed by atoms with Crippen LogP contribution in [0.25, 0.3) is 0 Å². The molecule has 0 saturated heterocycles. The maximum absolute atomic E-state index is 12.2. The van der Waals surface area contributed by atoms with Gasteiger partial charge in [-0.15, -0.1) is 0 Å². The third-order valence-electron chi connectivity index (χ3n) is 2.83. The van der Waals surface area contributed by atoms with Crippen molar-refractivity contribution in [3.63, 3.8) is 0 Å². The molecule has 0 amide bonds. The first-order valence-corrected chi connectivity index (χ1v) is 7.60. The molecule has 9 heteroatoms. The standard InChI is InChI=1S/C15H23F3N4O2/c1-3-19-14(21-8-6-15(16,17)18)22-11-12-5-4-7-20-13(12)24-10-9-23-2/h4-5,7H,3,6,8-11H2,1-2H3,(H2,19,21,22). The Kier molecular flexibility index (Phi) is 8.92. The van der Waals surface area contributed by atoms with Crippen LogP contribution < -0.4 is 15.4 Å². The topological polar surface area (TPSA) is 67.8 Å². The van der Waals surface area contributed by atoms with E-state index in [9.17, 15) is 13.2 Å². The minimum absolute atomic E-state index is 0.234. The summed E-state index contributed by atoms with van der Waals surface area (Å²) in [6, 6.07) is 3.55. The van der Waals surface area contributed by atoms with Gasteiger partial charge in [0, 0.05) is 32.0 Å². The quantitative estimate of drug-likeness (QED) is 0.406. The van der Waals surface area contributed by atoms with Gasteiger partial charge in [-0.25, -0.2) is 9.98 Å². The summed E-state index contributed by atoms with van der Waals surface area (Å²) < 4.78 is 47.0. The number of methoxy groups -OCH3 is 1. The molecule has 0 fully saturated rings. The number of aromatic nitrogens is 1. The first kappa shape index (κ1) is 20.0. The Bertz CT molecular complexity index is 510. The normalized spacial score (nSPS) is 12.1. The van der Waals surface area contributed by atoms with Crippen LogP contribution in [0, 0.1) is 0 Å². The molecule has 6 nitrogen and oxygen atoms in total. The van der Waals surface area contributed by atoms with Crippen LogP contribution in [0.15, 0.2) is 23.3 Å². The minimum Gasteiger partial charge on any atom is -0.475 e. The molecule has 0 atom stereocenters. The molecular formula is C15H23F3N4O2. The number of nitrogens with zero attached hydrogens (tertiary/aromatic N) is 2. The van der Waals surface area contributed by atoms with E-state index in [1.165, 1.54) is 0 Å². The SMILES string of the molecule is CCNC(=NCc1cccnc1OCCOC)NCCC(F)(F)F. The molecule has 24 heavy (non-hydrogen) atoms. The third kappa shape index (κ3) is 8.56. The lowest BCUT2D eigenvalue weighted by Gasteiger charge is -2.13. The van der Waals surface area contributed by atoms with Gasteiger partial charge in [0.25, 0.3) is 0 Å². The van der Waals surface area contributed by atoms with Gasteiger partial charge in [-0.1, -0.05) is 6.07 Å². The number of pyridine rings is 1. The molecule has 0 aliphatic carbocycles. The van der Waals surface area contributed by atoms with Gasteiger partial charge in [0.15, 0.2) is 5.96 Å². The fraction of sp³-hybridized carbons (Fsp3) is 0.600. The minimum atomic E-state index is -4.20. The van der Waals surface area contributed by atoms with E-state index in [2.05, 4.69) is 20.6 Å². The second-order valence-corrected chi connectivity index (χ2v) is 4.80. The maximum Gasteiger partial charge on any atom is 0.390 e. The van der Waals surface area contributed by atoms with Gasteiger partial charge in [0.05, 0.1) is 19.6 Å². The average molecular weight is 348 g/mol. The molecule has 1 aromatic heterocycles. The number of guanidine groups is 1. The van der Waals surface area contributed by atoms with Crippen molar-refractivity contribution in [2.75, 3.05) is 33.4 Å². The highest BCUT2D eigenvalue weighted by molar-refractivity contribution is 5.79. The predicted octanol–water partition coefficient (Wildman–Crippen LogP) is 2.11. The highest BCUT2D eigenvalue weighted by atomic mass is 19.4. The van der Waals surface area contributed by atoms with Crippen LogP contribution in [0.5, 0.6) is 5.88 Å². The Labute approximate surface area is 139 Å². The molecule has 1 aromatic rings. The fourth-order valence-electron chi connectivity index (χ4n) is 1.72. The van der Waals surface area contributed by atoms with E-state index >= 15 is 0 Å². The average Bonchev–Trinajstić information content (AvgIpc) is 2.53. The van der Waals surface area contributed by atoms with Crippen molar-refractivity contribution in [1.29, 1.82) is 0 Å². The summed E-state index contributed by atoms with van der Waals surface area (Å²) in [6.45, 7) is 3.17. The van der Waals surface area contributed by atoms with Crippen molar-refractivity contribution in [2.45, 2.75) is 26.1 Å². The summed E-state index contributed by atoms with van der Waals surface area (Å²) >= 11 is 0. The zero-order chi connectivity index (χ0) is 17.8. The number of ether oxygens (including phenoxy) is 2. The van der Waals surface area contributed by atoms with Crippen LogP contribution in [-0.2, 0) is 11.3 Å². The summed E-state index contributed by atoms with van der Waals surface area (Å²) in [6.07, 6.45) is -3.52. The van der Waals surface area contributed by atoms with Crippen molar-refractivity contribution in [1.82, 2.24) is 15.6 Å². The molecule has 0 radical (unpaired) electrons. The summed E-state index contributed by atoms with van der Waals surface area (Å²) in [4.78, 5) is 8.40. The molecule has 0 unspecified atom stereocenters. The van der Waals surface area contributed by atoms with E-state index in [4.69, 9.17) is 9.47 Å². The van der Waals surface area contributed by atoms with Gasteiger partial charge < -0.3 is 20.1 Å². The Morgan fingerprint density at radius 1 is 1.29 bits per heavy atom. The Morgan fingerprint density at radius 3 is 2.75 bits per heavy atom. The molecule has 1 heterocycles. The molecule has 0 aromatic carbocycles. The fourth-order valence-corrected chi connectivity index (χ4v) is 1.72. The van der Waals surface area contributed by atoms with Gasteiger partial charge in [-0.3, -0.25) is 0 Å². The smallest absolute Gasteiger partial charge is 0.390 e. The second kappa shape index (κ2) is 10.7. The first-order chi connectivity index (χ1) is 11.5. The van der Waals surface area contributed by atoms with Crippen LogP contribution in [0.4, 0.5) is 13.2 Å². The number of halogens is 3. The largest absolute Gasteiger partial charge is 0.475 e. The van der Waals surface area contributed by atoms with E-state index in [1.54, 1.807) is 25.4 Å². The molecule has 2 N–H and O–H groups in total. The highest BCUT2D eigenvalue weighted by Crippen LogP contribution is 2.18. The Hall–Kier alpha value is -2.03. The van der Waals surface area contributed by atoms with Gasteiger partial charge >= 0.3 is 6.18 Å². The lowest BCUT2D eigenvalue weighted by molar-refractivity contribution is -0.132. The molecular weight excluding hydrogens is 325 g/mol. The third-order valence-corrected chi connectivity index (χ3v) is 2.83. The van der Waals surface area contributed by atoms with Gasteiger partial charge in [-0.05, 0) is 13.0 Å². The number of hydrogen-bond donors (Lipinski definition) is 2. The summed E-state index contributed by atoms with van der Waals surface area (Å²) in [7, 11) is 1.57. The Balaban J connectivity index is 2.64. The van der Waals surface area contributed by atoms with Crippen molar-refractivity contribution in [3.8, 4) is 5.88 Å². The Morgan fingerprint density at radius 2 is 2.08 bits per heavy atom. The number of aliphatic imine (C=N–C) groups is 1. The number of nitrogens with one attached hydrogen (secondary N) is 2. The lowest BCUT2D eigenvalue weighted by Crippen LogP contribution is -2.38. The van der Waals surface area contributed by atoms with E-state index < -0.39 is 12.6 Å². The van der Waals surface area contributed by atoms with Crippen LogP contribution in [-0.4, -0.2) is 50.5 Å². The van der Waals surface area contributed by atoms with Crippen LogP contribution in [0.3, 0.4) is 0 Å². The van der Waals surface area contributed by atoms with Crippen LogP contribution in [0.2, 0.25) is 0 Å². The van der Waals surface area contributed by atoms with E-state index in [1.807, 2.05) is 6.92 Å². The highest BCUT2D eigenvalue weighted by Gasteiger charge is 2.26.